The average molecular weight is 131 g/mol. The van der Waals surface area contributed by atoms with Crippen LogP contribution < -0.4 is 0 Å². The molecule has 0 aliphatic heterocycles. The molecule has 0 spiro atoms. The number of hydrogen-bond donors (Lipinski definition) is 0. The molecule has 2 unspecified atom stereocenters. The number of rotatable bonds is 1. The minimum atomic E-state index is 0.805. The van der Waals surface area contributed by atoms with E-state index in [1.54, 1.807) is 0 Å². The van der Waals surface area contributed by atoms with Crippen LogP contribution in [0.3, 0.4) is 0 Å². The van der Waals surface area contributed by atoms with E-state index >= 15 is 0 Å². The Morgan fingerprint density at radius 1 is 1.50 bits per heavy atom. The van der Waals surface area contributed by atoms with Gasteiger partial charge in [0.15, 0.2) is 0 Å². The Kier molecular flexibility index (Phi) is 1.28. The van der Waals surface area contributed by atoms with Crippen molar-refractivity contribution in [2.45, 2.75) is 19.3 Å². The number of hydrogen-bond acceptors (Lipinski definition) is 0. The monoisotopic (exact) mass is 131 g/mol. The molecule has 0 heterocycles. The summed E-state index contributed by atoms with van der Waals surface area (Å²) in [4.78, 5) is 0. The fourth-order valence-electron chi connectivity index (χ4n) is 2.09. The predicted octanol–water partition coefficient (Wildman–Crippen LogP) is 2.49. The normalized spacial score (nSPS) is 35.4. The number of allylic oxidation sites excluding steroid dienone is 3. The summed E-state index contributed by atoms with van der Waals surface area (Å²) >= 11 is 0. The lowest BCUT2D eigenvalue weighted by Crippen LogP contribution is -1.93. The van der Waals surface area contributed by atoms with Gasteiger partial charge >= 0.3 is 0 Å². The zero-order valence-electron chi connectivity index (χ0n) is 6.06. The largest absolute Gasteiger partial charge is 0.119 e. The Morgan fingerprint density at radius 2 is 2.40 bits per heavy atom. The van der Waals surface area contributed by atoms with Crippen molar-refractivity contribution in [2.75, 3.05) is 0 Å². The molecule has 1 saturated carbocycles. The summed E-state index contributed by atoms with van der Waals surface area (Å²) in [5, 5.41) is 0. The molecular formula is C10H11. The molecule has 0 aromatic carbocycles. The van der Waals surface area contributed by atoms with E-state index in [9.17, 15) is 0 Å². The molecule has 0 N–H and O–H groups in total. The van der Waals surface area contributed by atoms with Crippen molar-refractivity contribution in [3.05, 3.63) is 30.0 Å². The number of fused-ring (bicyclic) bond motifs is 2. The van der Waals surface area contributed by atoms with Crippen LogP contribution in [0.2, 0.25) is 0 Å². The Bertz CT molecular complexity index is 216. The van der Waals surface area contributed by atoms with Gasteiger partial charge in [-0.15, -0.1) is 5.73 Å². The molecule has 0 saturated heterocycles. The van der Waals surface area contributed by atoms with Crippen molar-refractivity contribution in [3.8, 4) is 0 Å². The zero-order valence-corrected chi connectivity index (χ0v) is 6.06. The van der Waals surface area contributed by atoms with Gasteiger partial charge in [0.2, 0.25) is 0 Å². The second-order valence-electron chi connectivity index (χ2n) is 3.19. The molecule has 51 valence electrons. The molecule has 2 bridgehead atoms. The molecular weight excluding hydrogens is 120 g/mol. The summed E-state index contributed by atoms with van der Waals surface area (Å²) < 4.78 is 0. The van der Waals surface area contributed by atoms with E-state index in [0.29, 0.717) is 0 Å². The first-order chi connectivity index (χ1) is 4.90. The van der Waals surface area contributed by atoms with Crippen LogP contribution in [-0.4, -0.2) is 0 Å². The zero-order chi connectivity index (χ0) is 6.97. The van der Waals surface area contributed by atoms with Crippen molar-refractivity contribution in [3.63, 3.8) is 0 Å². The van der Waals surface area contributed by atoms with Gasteiger partial charge in [-0.1, -0.05) is 12.7 Å². The van der Waals surface area contributed by atoms with Gasteiger partial charge in [-0.05, 0) is 36.7 Å². The molecule has 1 fully saturated rings. The maximum absolute atomic E-state index is 3.53. The van der Waals surface area contributed by atoms with Crippen LogP contribution in [0, 0.1) is 17.9 Å². The Balaban J connectivity index is 2.25. The van der Waals surface area contributed by atoms with E-state index in [4.69, 9.17) is 0 Å². The van der Waals surface area contributed by atoms with Crippen LogP contribution in [0.4, 0.5) is 0 Å². The third-order valence-corrected chi connectivity index (χ3v) is 2.56. The summed E-state index contributed by atoms with van der Waals surface area (Å²) in [7, 11) is 0. The summed E-state index contributed by atoms with van der Waals surface area (Å²) in [5.41, 5.74) is 4.09. The lowest BCUT2D eigenvalue weighted by molar-refractivity contribution is 0.668. The topological polar surface area (TPSA) is 0 Å². The standard InChI is InChI=1S/C10H11/c1-2-3-9-6-8-4-5-10(9)7-8/h6,8,10H,1,4-5,7H2. The molecule has 10 heavy (non-hydrogen) atoms. The Labute approximate surface area is 61.9 Å². The Hall–Kier alpha value is -0.740. The van der Waals surface area contributed by atoms with Gasteiger partial charge in [0.05, 0.1) is 0 Å². The van der Waals surface area contributed by atoms with Crippen molar-refractivity contribution in [1.29, 1.82) is 0 Å². The lowest BCUT2D eigenvalue weighted by atomic mass is 9.99. The maximum Gasteiger partial charge on any atom is 0.0342 e. The van der Waals surface area contributed by atoms with Gasteiger partial charge in [0.25, 0.3) is 0 Å². The van der Waals surface area contributed by atoms with Crippen LogP contribution >= 0.6 is 0 Å². The second kappa shape index (κ2) is 2.14. The molecule has 2 aliphatic rings. The van der Waals surface area contributed by atoms with Crippen LogP contribution in [0.15, 0.2) is 24.0 Å². The molecule has 0 aromatic rings. The van der Waals surface area contributed by atoms with E-state index in [-0.39, 0.29) is 0 Å². The van der Waals surface area contributed by atoms with Crippen molar-refractivity contribution >= 4 is 0 Å². The maximum atomic E-state index is 3.53. The fourth-order valence-corrected chi connectivity index (χ4v) is 2.09. The minimum Gasteiger partial charge on any atom is -0.119 e. The predicted molar refractivity (Wildman–Crippen MR) is 41.3 cm³/mol. The second-order valence-corrected chi connectivity index (χ2v) is 3.19. The molecule has 0 aromatic heterocycles. The first-order valence-electron chi connectivity index (χ1n) is 3.90. The van der Waals surface area contributed by atoms with E-state index in [2.05, 4.69) is 24.5 Å². The van der Waals surface area contributed by atoms with Crippen LogP contribution in [0.5, 0.6) is 0 Å². The highest BCUT2D eigenvalue weighted by Crippen LogP contribution is 2.43. The van der Waals surface area contributed by atoms with Gasteiger partial charge in [0.1, 0.15) is 0 Å². The van der Waals surface area contributed by atoms with E-state index < -0.39 is 0 Å². The average Bonchev–Trinajstić information content (AvgIpc) is 2.48. The molecule has 0 amide bonds. The molecule has 2 rings (SSSR count). The Morgan fingerprint density at radius 3 is 2.90 bits per heavy atom. The van der Waals surface area contributed by atoms with Crippen LogP contribution in [0.1, 0.15) is 19.3 Å². The summed E-state index contributed by atoms with van der Waals surface area (Å²) in [6, 6.07) is 0. The van der Waals surface area contributed by atoms with Crippen molar-refractivity contribution < 1.29 is 0 Å². The van der Waals surface area contributed by atoms with Gasteiger partial charge in [0, 0.05) is 6.08 Å². The quantitative estimate of drug-likeness (QED) is 0.479. The highest BCUT2D eigenvalue weighted by molar-refractivity contribution is 5.25. The molecule has 0 nitrogen and oxygen atoms in total. The van der Waals surface area contributed by atoms with E-state index in [1.807, 2.05) is 0 Å². The van der Waals surface area contributed by atoms with Crippen LogP contribution in [-0.2, 0) is 0 Å². The van der Waals surface area contributed by atoms with E-state index in [0.717, 1.165) is 11.8 Å². The van der Waals surface area contributed by atoms with Crippen molar-refractivity contribution in [1.82, 2.24) is 0 Å². The first kappa shape index (κ1) is 6.00. The lowest BCUT2D eigenvalue weighted by Gasteiger charge is -2.06. The molecule has 1 radical (unpaired) electrons. The van der Waals surface area contributed by atoms with Gasteiger partial charge in [-0.3, -0.25) is 0 Å². The van der Waals surface area contributed by atoms with Gasteiger partial charge < -0.3 is 0 Å². The summed E-state index contributed by atoms with van der Waals surface area (Å²) in [5.74, 6) is 1.67. The van der Waals surface area contributed by atoms with Crippen LogP contribution in [0.25, 0.3) is 0 Å². The van der Waals surface area contributed by atoms with Gasteiger partial charge in [-0.25, -0.2) is 0 Å². The third-order valence-electron chi connectivity index (χ3n) is 2.56. The van der Waals surface area contributed by atoms with Crippen molar-refractivity contribution in [2.24, 2.45) is 11.8 Å². The smallest absolute Gasteiger partial charge is 0.0342 e. The molecule has 0 heteroatoms. The third kappa shape index (κ3) is 0.767. The highest BCUT2D eigenvalue weighted by atomic mass is 14.4. The van der Waals surface area contributed by atoms with Gasteiger partial charge in [-0.2, -0.15) is 0 Å². The summed E-state index contributed by atoms with van der Waals surface area (Å²) in [6.07, 6.45) is 9.54. The fraction of sp³-hybridized carbons (Fsp3) is 0.500. The minimum absolute atomic E-state index is 0.805. The van der Waals surface area contributed by atoms with E-state index in [1.165, 1.54) is 24.8 Å². The summed E-state index contributed by atoms with van der Waals surface area (Å²) in [6.45, 7) is 3.53. The molecule has 2 atom stereocenters. The molecule has 2 aliphatic carbocycles. The highest BCUT2D eigenvalue weighted by Gasteiger charge is 2.31. The SMILES string of the molecule is C=C=[C]C1=CC2CCC1C2. The first-order valence-corrected chi connectivity index (χ1v) is 3.90.